The van der Waals surface area contributed by atoms with Gasteiger partial charge in [-0.05, 0) is 0 Å². The lowest BCUT2D eigenvalue weighted by molar-refractivity contribution is -0.172. The molecule has 0 aliphatic carbocycles. The molecule has 3 heterocycles. The van der Waals surface area contributed by atoms with E-state index in [0.29, 0.717) is 5.52 Å². The minimum absolute atomic E-state index is 0.175. The molecule has 3 rings (SSSR count). The van der Waals surface area contributed by atoms with Gasteiger partial charge in [-0.2, -0.15) is 22.5 Å². The van der Waals surface area contributed by atoms with Gasteiger partial charge in [-0.1, -0.05) is 0 Å². The van der Waals surface area contributed by atoms with Gasteiger partial charge in [0.15, 0.2) is 5.65 Å². The Morgan fingerprint density at radius 1 is 1.11 bits per heavy atom. The molecule has 0 amide bonds. The molecule has 18 heavy (non-hydrogen) atoms. The molecule has 9 heteroatoms. The van der Waals surface area contributed by atoms with Crippen LogP contribution in [0.15, 0.2) is 12.5 Å². The van der Waals surface area contributed by atoms with Gasteiger partial charge in [0, 0.05) is 0 Å². The first-order valence-corrected chi connectivity index (χ1v) is 5.06. The molecule has 1 fully saturated rings. The van der Waals surface area contributed by atoms with Gasteiger partial charge in [-0.25, -0.2) is 9.97 Å². The Bertz CT molecular complexity index is 579. The monoisotopic (exact) mass is 261 g/mol. The summed E-state index contributed by atoms with van der Waals surface area (Å²) in [5, 5.41) is 0. The summed E-state index contributed by atoms with van der Waals surface area (Å²) < 4.78 is 52.2. The van der Waals surface area contributed by atoms with Gasteiger partial charge in [-0.15, -0.1) is 0 Å². The van der Waals surface area contributed by atoms with Crippen LogP contribution in [0.5, 0.6) is 0 Å². The molecule has 1 saturated heterocycles. The molecule has 0 aromatic carbocycles. The van der Waals surface area contributed by atoms with Gasteiger partial charge in [0.1, 0.15) is 5.52 Å². The highest BCUT2D eigenvalue weighted by Gasteiger charge is 2.63. The third kappa shape index (κ3) is 1.50. The maximum atomic E-state index is 13.0. The smallest absolute Gasteiger partial charge is 0.329 e. The fraction of sp³-hybridized carbons (Fsp3) is 0.444. The van der Waals surface area contributed by atoms with Crippen molar-refractivity contribution in [3.8, 4) is 0 Å². The first kappa shape index (κ1) is 11.2. The molecular weight excluding hydrogens is 254 g/mol. The number of nitrogens with one attached hydrogen (secondary N) is 1. The van der Waals surface area contributed by atoms with Crippen molar-refractivity contribution in [1.29, 1.82) is 0 Å². The first-order valence-electron chi connectivity index (χ1n) is 5.06. The molecule has 0 atom stereocenters. The van der Waals surface area contributed by atoms with Crippen molar-refractivity contribution < 1.29 is 17.6 Å². The highest BCUT2D eigenvalue weighted by atomic mass is 19.3. The van der Waals surface area contributed by atoms with Gasteiger partial charge >= 0.3 is 11.8 Å². The number of hydrogen-bond acceptors (Lipinski definition) is 4. The number of imidazole rings is 1. The number of hydrogen-bond donors (Lipinski definition) is 1. The van der Waals surface area contributed by atoms with E-state index < -0.39 is 24.9 Å². The van der Waals surface area contributed by atoms with Crippen LogP contribution in [0.25, 0.3) is 11.2 Å². The highest BCUT2D eigenvalue weighted by Crippen LogP contribution is 2.41. The third-order valence-corrected chi connectivity index (χ3v) is 2.76. The molecule has 1 N–H and O–H groups in total. The number of aromatic nitrogens is 4. The van der Waals surface area contributed by atoms with Crippen molar-refractivity contribution >= 4 is 17.1 Å². The minimum atomic E-state index is -4.07. The Labute approximate surface area is 97.9 Å². The highest BCUT2D eigenvalue weighted by molar-refractivity contribution is 5.70. The van der Waals surface area contributed by atoms with Crippen molar-refractivity contribution in [1.82, 2.24) is 19.9 Å². The average Bonchev–Trinajstić information content (AvgIpc) is 2.80. The molecule has 1 aliphatic heterocycles. The van der Waals surface area contributed by atoms with Gasteiger partial charge in [0.05, 0.1) is 25.6 Å². The normalized spacial score (nSPS) is 21.7. The van der Waals surface area contributed by atoms with E-state index in [1.807, 2.05) is 0 Å². The van der Waals surface area contributed by atoms with Gasteiger partial charge in [0.2, 0.25) is 5.95 Å². The van der Waals surface area contributed by atoms with E-state index >= 15 is 0 Å². The van der Waals surface area contributed by atoms with E-state index in [9.17, 15) is 17.6 Å². The number of halogens is 4. The predicted molar refractivity (Wildman–Crippen MR) is 53.8 cm³/mol. The summed E-state index contributed by atoms with van der Waals surface area (Å²) in [5.74, 6) is -8.32. The van der Waals surface area contributed by atoms with Crippen LogP contribution in [-0.4, -0.2) is 44.9 Å². The maximum absolute atomic E-state index is 13.0. The van der Waals surface area contributed by atoms with E-state index in [0.717, 1.165) is 4.90 Å². The molecule has 0 saturated carbocycles. The van der Waals surface area contributed by atoms with Crippen molar-refractivity contribution in [2.24, 2.45) is 0 Å². The summed E-state index contributed by atoms with van der Waals surface area (Å²) in [6.45, 7) is -2.20. The number of anilines is 1. The van der Waals surface area contributed by atoms with Crippen LogP contribution in [0.4, 0.5) is 23.5 Å². The fourth-order valence-electron chi connectivity index (χ4n) is 1.79. The van der Waals surface area contributed by atoms with E-state index in [2.05, 4.69) is 19.9 Å². The minimum Gasteiger partial charge on any atom is -0.342 e. The summed E-state index contributed by atoms with van der Waals surface area (Å²) in [4.78, 5) is 14.9. The van der Waals surface area contributed by atoms with Crippen molar-refractivity contribution in [3.63, 3.8) is 0 Å². The number of H-pyrrole nitrogens is 1. The van der Waals surface area contributed by atoms with E-state index in [1.54, 1.807) is 0 Å². The van der Waals surface area contributed by atoms with Crippen LogP contribution in [-0.2, 0) is 0 Å². The molecule has 0 spiro atoms. The van der Waals surface area contributed by atoms with Crippen LogP contribution >= 0.6 is 0 Å². The second-order valence-electron chi connectivity index (χ2n) is 4.07. The number of alkyl halides is 4. The second kappa shape index (κ2) is 3.30. The maximum Gasteiger partial charge on any atom is 0.329 e. The Balaban J connectivity index is 1.96. The molecule has 0 bridgehead atoms. The van der Waals surface area contributed by atoms with E-state index in [-0.39, 0.29) is 11.6 Å². The largest absolute Gasteiger partial charge is 0.342 e. The van der Waals surface area contributed by atoms with Crippen molar-refractivity contribution in [2.45, 2.75) is 11.8 Å². The Morgan fingerprint density at radius 3 is 2.44 bits per heavy atom. The Hall–Kier alpha value is -1.93. The first-order chi connectivity index (χ1) is 8.39. The number of aromatic amines is 1. The number of rotatable bonds is 1. The van der Waals surface area contributed by atoms with Crippen LogP contribution < -0.4 is 4.90 Å². The zero-order valence-corrected chi connectivity index (χ0v) is 8.87. The second-order valence-corrected chi connectivity index (χ2v) is 4.07. The summed E-state index contributed by atoms with van der Waals surface area (Å²) in [5.41, 5.74) is 0.759. The molecular formula is C9H7F4N5. The Morgan fingerprint density at radius 2 is 1.78 bits per heavy atom. The zero-order valence-electron chi connectivity index (χ0n) is 8.87. The standard InChI is InChI=1S/C9H7F4N5/c10-8(11)2-18(3-9(8,12)13)7-14-1-5-6(17-7)16-4-15-5/h1,4H,2-3H2,(H,14,15,16,17). The third-order valence-electron chi connectivity index (χ3n) is 2.76. The lowest BCUT2D eigenvalue weighted by atomic mass is 10.2. The molecule has 2 aromatic heterocycles. The predicted octanol–water partition coefficient (Wildman–Crippen LogP) is 1.44. The number of nitrogens with zero attached hydrogens (tertiary/aromatic N) is 4. The Kier molecular flexibility index (Phi) is 2.05. The SMILES string of the molecule is FC1(F)CN(c2ncc3[nH]cnc3n2)CC1(F)F. The molecule has 1 aliphatic rings. The van der Waals surface area contributed by atoms with Crippen molar-refractivity contribution in [3.05, 3.63) is 12.5 Å². The summed E-state index contributed by atoms with van der Waals surface area (Å²) in [6.07, 6.45) is 2.68. The van der Waals surface area contributed by atoms with Gasteiger partial charge < -0.3 is 9.88 Å². The molecule has 0 unspecified atom stereocenters. The zero-order chi connectivity index (χ0) is 13.0. The lowest BCUT2D eigenvalue weighted by Crippen LogP contribution is -2.38. The van der Waals surface area contributed by atoms with Gasteiger partial charge in [0.25, 0.3) is 0 Å². The molecule has 2 aromatic rings. The number of fused-ring (bicyclic) bond motifs is 1. The van der Waals surface area contributed by atoms with Crippen LogP contribution in [0.3, 0.4) is 0 Å². The van der Waals surface area contributed by atoms with Crippen LogP contribution in [0.2, 0.25) is 0 Å². The average molecular weight is 261 g/mol. The van der Waals surface area contributed by atoms with Gasteiger partial charge in [-0.3, -0.25) is 0 Å². The fourth-order valence-corrected chi connectivity index (χ4v) is 1.79. The lowest BCUT2D eigenvalue weighted by Gasteiger charge is -2.14. The van der Waals surface area contributed by atoms with E-state index in [4.69, 9.17) is 0 Å². The summed E-state index contributed by atoms with van der Waals surface area (Å²) in [6, 6.07) is 0. The summed E-state index contributed by atoms with van der Waals surface area (Å²) >= 11 is 0. The van der Waals surface area contributed by atoms with Crippen LogP contribution in [0, 0.1) is 0 Å². The summed E-state index contributed by atoms with van der Waals surface area (Å²) in [7, 11) is 0. The van der Waals surface area contributed by atoms with Crippen LogP contribution in [0.1, 0.15) is 0 Å². The van der Waals surface area contributed by atoms with Crippen molar-refractivity contribution in [2.75, 3.05) is 18.0 Å². The topological polar surface area (TPSA) is 57.7 Å². The quantitative estimate of drug-likeness (QED) is 0.789. The molecule has 96 valence electrons. The molecule has 5 nitrogen and oxygen atoms in total. The molecule has 0 radical (unpaired) electrons. The van der Waals surface area contributed by atoms with E-state index in [1.165, 1.54) is 12.5 Å².